The van der Waals surface area contributed by atoms with Gasteiger partial charge in [-0.25, -0.2) is 0 Å². The van der Waals surface area contributed by atoms with Crippen LogP contribution < -0.4 is 15.2 Å². The fourth-order valence-corrected chi connectivity index (χ4v) is 2.93. The molecule has 0 amide bonds. The molecular weight excluding hydrogens is 288 g/mol. The van der Waals surface area contributed by atoms with Gasteiger partial charge >= 0.3 is 0 Å². The summed E-state index contributed by atoms with van der Waals surface area (Å²) in [6, 6.07) is 16.1. The molecule has 2 aromatic carbocycles. The molecule has 1 aliphatic heterocycles. The first-order valence-electron chi connectivity index (χ1n) is 8.03. The largest absolute Gasteiger partial charge is 0.497 e. The first-order valence-corrected chi connectivity index (χ1v) is 8.03. The van der Waals surface area contributed by atoms with E-state index in [9.17, 15) is 0 Å². The molecule has 0 saturated carbocycles. The van der Waals surface area contributed by atoms with Gasteiger partial charge in [-0.05, 0) is 47.9 Å². The van der Waals surface area contributed by atoms with Gasteiger partial charge in [-0.1, -0.05) is 19.1 Å². The van der Waals surface area contributed by atoms with Gasteiger partial charge in [0.2, 0.25) is 0 Å². The van der Waals surface area contributed by atoms with Gasteiger partial charge in [0, 0.05) is 25.7 Å². The Hall–Kier alpha value is -2.04. The number of benzene rings is 2. The van der Waals surface area contributed by atoms with Gasteiger partial charge in [-0.2, -0.15) is 0 Å². The average molecular weight is 312 g/mol. The lowest BCUT2D eigenvalue weighted by Gasteiger charge is -2.15. The second-order valence-electron chi connectivity index (χ2n) is 6.26. The number of hydrogen-bond donors (Lipinski definition) is 1. The van der Waals surface area contributed by atoms with E-state index in [-0.39, 0.29) is 0 Å². The van der Waals surface area contributed by atoms with Crippen molar-refractivity contribution in [1.29, 1.82) is 0 Å². The Labute approximate surface area is 137 Å². The van der Waals surface area contributed by atoms with Crippen LogP contribution in [0.2, 0.25) is 0 Å². The minimum absolute atomic E-state index is 0.299. The molecule has 2 atom stereocenters. The van der Waals surface area contributed by atoms with Crippen molar-refractivity contribution in [1.82, 2.24) is 4.90 Å². The number of hydrogen-bond acceptors (Lipinski definition) is 4. The Morgan fingerprint density at radius 2 is 1.52 bits per heavy atom. The summed E-state index contributed by atoms with van der Waals surface area (Å²) >= 11 is 0. The van der Waals surface area contributed by atoms with E-state index in [0.717, 1.165) is 36.9 Å². The molecule has 3 rings (SSSR count). The Morgan fingerprint density at radius 3 is 2.04 bits per heavy atom. The van der Waals surface area contributed by atoms with Crippen molar-refractivity contribution in [3.05, 3.63) is 54.1 Å². The van der Waals surface area contributed by atoms with Crippen LogP contribution in [0, 0.1) is 5.92 Å². The molecule has 1 aliphatic rings. The Morgan fingerprint density at radius 1 is 0.957 bits per heavy atom. The van der Waals surface area contributed by atoms with Gasteiger partial charge in [0.1, 0.15) is 17.2 Å². The maximum atomic E-state index is 6.08. The molecule has 0 spiro atoms. The zero-order valence-corrected chi connectivity index (χ0v) is 13.7. The zero-order valence-electron chi connectivity index (χ0n) is 13.7. The highest BCUT2D eigenvalue weighted by atomic mass is 16.5. The molecule has 1 saturated heterocycles. The lowest BCUT2D eigenvalue weighted by molar-refractivity contribution is 0.319. The summed E-state index contributed by atoms with van der Waals surface area (Å²) in [5, 5.41) is 0. The smallest absolute Gasteiger partial charge is 0.127 e. The number of nitrogens with zero attached hydrogens (tertiary/aromatic N) is 1. The van der Waals surface area contributed by atoms with Crippen LogP contribution in [0.3, 0.4) is 0 Å². The zero-order chi connectivity index (χ0) is 16.2. The van der Waals surface area contributed by atoms with E-state index < -0.39 is 0 Å². The molecule has 4 nitrogen and oxygen atoms in total. The van der Waals surface area contributed by atoms with Gasteiger partial charge in [-0.15, -0.1) is 0 Å². The lowest BCUT2D eigenvalue weighted by atomic mass is 10.1. The number of rotatable bonds is 5. The van der Waals surface area contributed by atoms with E-state index in [1.807, 2.05) is 36.4 Å². The number of nitrogens with two attached hydrogens (primary N) is 1. The SMILES string of the molecule is COc1ccc(Oc2ccc(CN3CC(C)C(N)C3)cc2)cc1. The maximum Gasteiger partial charge on any atom is 0.127 e. The molecule has 2 N–H and O–H groups in total. The van der Waals surface area contributed by atoms with Crippen LogP contribution in [0.15, 0.2) is 48.5 Å². The van der Waals surface area contributed by atoms with Crippen molar-refractivity contribution in [2.45, 2.75) is 19.5 Å². The predicted octanol–water partition coefficient (Wildman–Crippen LogP) is 3.27. The Balaban J connectivity index is 1.58. The highest BCUT2D eigenvalue weighted by molar-refractivity contribution is 5.36. The summed E-state index contributed by atoms with van der Waals surface area (Å²) in [4.78, 5) is 2.41. The minimum atomic E-state index is 0.299. The van der Waals surface area contributed by atoms with E-state index in [1.165, 1.54) is 5.56 Å². The van der Waals surface area contributed by atoms with E-state index in [2.05, 4.69) is 24.0 Å². The molecule has 0 aromatic heterocycles. The van der Waals surface area contributed by atoms with Crippen LogP contribution in [0.25, 0.3) is 0 Å². The van der Waals surface area contributed by atoms with Crippen molar-refractivity contribution in [3.63, 3.8) is 0 Å². The van der Waals surface area contributed by atoms with E-state index >= 15 is 0 Å². The van der Waals surface area contributed by atoms with E-state index in [0.29, 0.717) is 12.0 Å². The van der Waals surface area contributed by atoms with Gasteiger partial charge < -0.3 is 15.2 Å². The van der Waals surface area contributed by atoms with Crippen LogP contribution in [-0.2, 0) is 6.54 Å². The highest BCUT2D eigenvalue weighted by Crippen LogP contribution is 2.25. The molecule has 0 aliphatic carbocycles. The average Bonchev–Trinajstić information content (AvgIpc) is 2.88. The summed E-state index contributed by atoms with van der Waals surface area (Å²) in [5.74, 6) is 3.04. The fraction of sp³-hybridized carbons (Fsp3) is 0.368. The van der Waals surface area contributed by atoms with Gasteiger partial charge in [0.15, 0.2) is 0 Å². The van der Waals surface area contributed by atoms with Gasteiger partial charge in [-0.3, -0.25) is 4.90 Å². The molecule has 23 heavy (non-hydrogen) atoms. The van der Waals surface area contributed by atoms with Crippen molar-refractivity contribution in [2.75, 3.05) is 20.2 Å². The van der Waals surface area contributed by atoms with Crippen LogP contribution in [0.5, 0.6) is 17.2 Å². The molecule has 0 bridgehead atoms. The third kappa shape index (κ3) is 4.03. The lowest BCUT2D eigenvalue weighted by Crippen LogP contribution is -2.28. The van der Waals surface area contributed by atoms with Gasteiger partial charge in [0.05, 0.1) is 7.11 Å². The number of methoxy groups -OCH3 is 1. The van der Waals surface area contributed by atoms with Crippen LogP contribution in [0.1, 0.15) is 12.5 Å². The van der Waals surface area contributed by atoms with Gasteiger partial charge in [0.25, 0.3) is 0 Å². The molecule has 122 valence electrons. The molecule has 1 fully saturated rings. The Kier molecular flexibility index (Phi) is 4.84. The highest BCUT2D eigenvalue weighted by Gasteiger charge is 2.26. The normalized spacial score (nSPS) is 21.3. The second-order valence-corrected chi connectivity index (χ2v) is 6.26. The molecular formula is C19H24N2O2. The quantitative estimate of drug-likeness (QED) is 0.920. The van der Waals surface area contributed by atoms with E-state index in [1.54, 1.807) is 7.11 Å². The predicted molar refractivity (Wildman–Crippen MR) is 91.9 cm³/mol. The van der Waals surface area contributed by atoms with Crippen molar-refractivity contribution >= 4 is 0 Å². The molecule has 2 aromatic rings. The molecule has 1 heterocycles. The summed E-state index contributed by atoms with van der Waals surface area (Å²) < 4.78 is 11.0. The fourth-order valence-electron chi connectivity index (χ4n) is 2.93. The van der Waals surface area contributed by atoms with E-state index in [4.69, 9.17) is 15.2 Å². The summed E-state index contributed by atoms with van der Waals surface area (Å²) in [6.07, 6.45) is 0. The third-order valence-corrected chi connectivity index (χ3v) is 4.37. The minimum Gasteiger partial charge on any atom is -0.497 e. The monoisotopic (exact) mass is 312 g/mol. The number of ether oxygens (including phenoxy) is 2. The topological polar surface area (TPSA) is 47.7 Å². The molecule has 4 heteroatoms. The molecule has 0 radical (unpaired) electrons. The van der Waals surface area contributed by atoms with Crippen LogP contribution in [0.4, 0.5) is 0 Å². The second kappa shape index (κ2) is 7.02. The Bertz CT molecular complexity index is 615. The molecule has 2 unspecified atom stereocenters. The summed E-state index contributed by atoms with van der Waals surface area (Å²) in [5.41, 5.74) is 7.37. The third-order valence-electron chi connectivity index (χ3n) is 4.37. The standard InChI is InChI=1S/C19H24N2O2/c1-14-11-21(13-19(14)20)12-15-3-5-17(6-4-15)23-18-9-7-16(22-2)8-10-18/h3-10,14,19H,11-13,20H2,1-2H3. The first-order chi connectivity index (χ1) is 11.1. The summed E-state index contributed by atoms with van der Waals surface area (Å²) in [7, 11) is 1.66. The number of likely N-dealkylation sites (tertiary alicyclic amines) is 1. The first kappa shape index (κ1) is 15.8. The van der Waals surface area contributed by atoms with Crippen molar-refractivity contribution in [3.8, 4) is 17.2 Å². The van der Waals surface area contributed by atoms with Crippen molar-refractivity contribution in [2.24, 2.45) is 11.7 Å². The summed E-state index contributed by atoms with van der Waals surface area (Å²) in [6.45, 7) is 5.22. The maximum absolute atomic E-state index is 6.08. The van der Waals surface area contributed by atoms with Crippen LogP contribution in [-0.4, -0.2) is 31.1 Å². The van der Waals surface area contributed by atoms with Crippen LogP contribution >= 0.6 is 0 Å². The van der Waals surface area contributed by atoms with Crippen molar-refractivity contribution < 1.29 is 9.47 Å².